The van der Waals surface area contributed by atoms with Gasteiger partial charge in [-0.05, 0) is 52.6 Å². The Bertz CT molecular complexity index is 1580. The lowest BCUT2D eigenvalue weighted by atomic mass is 9.92. The van der Waals surface area contributed by atoms with Crippen molar-refractivity contribution in [2.45, 2.75) is 56.3 Å². The summed E-state index contributed by atoms with van der Waals surface area (Å²) in [5.41, 5.74) is 3.79. The topological polar surface area (TPSA) is 54.3 Å². The van der Waals surface area contributed by atoms with Crippen molar-refractivity contribution in [1.29, 1.82) is 0 Å². The standard InChI is InChI=1S/C33H33F2N3O2/c1-33(14-15-33)26-13-12-22(16-27(26)35)31(21-8-4-3-5-9-21)36-32(40)29-18-24(34)20-38(29)30(39)17-23-19-37(2)28-11-7-6-10-25(23)28/h3-13,16,19,24,29,31H,14-15,17-18,20H2,1-2H3,(H,36,40). The zero-order valence-electron chi connectivity index (χ0n) is 22.7. The second-order valence-corrected chi connectivity index (χ2v) is 11.5. The number of aryl methyl sites for hydroxylation is 1. The Hall–Kier alpha value is -4.00. The van der Waals surface area contributed by atoms with Crippen molar-refractivity contribution in [3.05, 3.63) is 107 Å². The maximum atomic E-state index is 15.2. The van der Waals surface area contributed by atoms with Crippen molar-refractivity contribution >= 4 is 22.7 Å². The number of para-hydroxylation sites is 1. The summed E-state index contributed by atoms with van der Waals surface area (Å²) in [6, 6.07) is 20.7. The van der Waals surface area contributed by atoms with Crippen molar-refractivity contribution < 1.29 is 18.4 Å². The highest BCUT2D eigenvalue weighted by Gasteiger charge is 2.42. The minimum Gasteiger partial charge on any atom is -0.350 e. The molecule has 1 N–H and O–H groups in total. The van der Waals surface area contributed by atoms with E-state index < -0.39 is 24.2 Å². The number of nitrogens with zero attached hydrogens (tertiary/aromatic N) is 2. The molecule has 0 radical (unpaired) electrons. The van der Waals surface area contributed by atoms with Gasteiger partial charge >= 0.3 is 0 Å². The molecule has 2 heterocycles. The summed E-state index contributed by atoms with van der Waals surface area (Å²) >= 11 is 0. The normalized spacial score (nSPS) is 20.4. The quantitative estimate of drug-likeness (QED) is 0.324. The first-order chi connectivity index (χ1) is 19.2. The zero-order chi connectivity index (χ0) is 28.0. The molecular formula is C33H33F2N3O2. The average molecular weight is 542 g/mol. The first kappa shape index (κ1) is 26.2. The van der Waals surface area contributed by atoms with Crippen LogP contribution >= 0.6 is 0 Å². The Morgan fingerprint density at radius 1 is 1.02 bits per heavy atom. The number of fused-ring (bicyclic) bond motifs is 1. The number of carbonyl (C=O) groups excluding carboxylic acids is 2. The molecule has 1 aromatic heterocycles. The second kappa shape index (κ2) is 10.2. The van der Waals surface area contributed by atoms with E-state index in [1.54, 1.807) is 0 Å². The minimum atomic E-state index is -1.29. The van der Waals surface area contributed by atoms with Gasteiger partial charge in [0.2, 0.25) is 11.8 Å². The molecule has 206 valence electrons. The molecule has 1 aliphatic heterocycles. The van der Waals surface area contributed by atoms with E-state index >= 15 is 4.39 Å². The Morgan fingerprint density at radius 2 is 1.75 bits per heavy atom. The summed E-state index contributed by atoms with van der Waals surface area (Å²) in [4.78, 5) is 28.5. The van der Waals surface area contributed by atoms with Crippen molar-refractivity contribution in [1.82, 2.24) is 14.8 Å². The lowest BCUT2D eigenvalue weighted by Gasteiger charge is -2.27. The van der Waals surface area contributed by atoms with E-state index in [1.165, 1.54) is 11.0 Å². The maximum absolute atomic E-state index is 15.2. The van der Waals surface area contributed by atoms with E-state index in [1.807, 2.05) is 84.5 Å². The lowest BCUT2D eigenvalue weighted by molar-refractivity contribution is -0.138. The number of carbonyl (C=O) groups is 2. The SMILES string of the molecule is Cn1cc(CC(=O)N2CC(F)CC2C(=O)NC(c2ccccc2)c2ccc(C3(C)CC3)c(F)c2)c2ccccc21. The number of halogens is 2. The molecule has 3 unspecified atom stereocenters. The van der Waals surface area contributed by atoms with Gasteiger partial charge in [0.15, 0.2) is 0 Å². The van der Waals surface area contributed by atoms with Crippen LogP contribution in [0, 0.1) is 5.82 Å². The third-order valence-electron chi connectivity index (χ3n) is 8.59. The molecular weight excluding hydrogens is 508 g/mol. The average Bonchev–Trinajstić information content (AvgIpc) is 3.45. The molecule has 3 aromatic carbocycles. The van der Waals surface area contributed by atoms with Crippen molar-refractivity contribution in [3.63, 3.8) is 0 Å². The summed E-state index contributed by atoms with van der Waals surface area (Å²) in [7, 11) is 1.92. The number of aromatic nitrogens is 1. The molecule has 1 saturated heterocycles. The highest BCUT2D eigenvalue weighted by Crippen LogP contribution is 2.48. The van der Waals surface area contributed by atoms with Crippen LogP contribution in [-0.4, -0.2) is 40.0 Å². The maximum Gasteiger partial charge on any atom is 0.243 e. The van der Waals surface area contributed by atoms with Gasteiger partial charge in [0.05, 0.1) is 19.0 Å². The van der Waals surface area contributed by atoms with Crippen LogP contribution in [0.5, 0.6) is 0 Å². The van der Waals surface area contributed by atoms with E-state index in [0.29, 0.717) is 11.1 Å². The number of nitrogens with one attached hydrogen (secondary N) is 1. The van der Waals surface area contributed by atoms with E-state index in [2.05, 4.69) is 12.2 Å². The van der Waals surface area contributed by atoms with Crippen LogP contribution in [0.15, 0.2) is 79.0 Å². The third kappa shape index (κ3) is 4.89. The van der Waals surface area contributed by atoms with Gasteiger partial charge in [0.25, 0.3) is 0 Å². The summed E-state index contributed by atoms with van der Waals surface area (Å²) in [5, 5.41) is 3.99. The molecule has 1 aliphatic carbocycles. The van der Waals surface area contributed by atoms with Crippen LogP contribution < -0.4 is 5.32 Å². The summed E-state index contributed by atoms with van der Waals surface area (Å²) in [6.45, 7) is 1.93. The molecule has 6 rings (SSSR count). The van der Waals surface area contributed by atoms with Crippen LogP contribution in [0.3, 0.4) is 0 Å². The fourth-order valence-electron chi connectivity index (χ4n) is 6.04. The number of rotatable bonds is 7. The van der Waals surface area contributed by atoms with Gasteiger partial charge in [0, 0.05) is 30.6 Å². The lowest BCUT2D eigenvalue weighted by Crippen LogP contribution is -2.47. The highest BCUT2D eigenvalue weighted by atomic mass is 19.1. The van der Waals surface area contributed by atoms with Crippen molar-refractivity contribution in [2.75, 3.05) is 6.54 Å². The molecule has 5 nitrogen and oxygen atoms in total. The van der Waals surface area contributed by atoms with Gasteiger partial charge in [0.1, 0.15) is 18.0 Å². The fourth-order valence-corrected chi connectivity index (χ4v) is 6.04. The first-order valence-corrected chi connectivity index (χ1v) is 13.9. The van der Waals surface area contributed by atoms with Crippen LogP contribution in [0.2, 0.25) is 0 Å². The Morgan fingerprint density at radius 3 is 2.48 bits per heavy atom. The molecule has 40 heavy (non-hydrogen) atoms. The molecule has 4 aromatic rings. The summed E-state index contributed by atoms with van der Waals surface area (Å²) in [5.74, 6) is -1.02. The monoisotopic (exact) mass is 541 g/mol. The second-order valence-electron chi connectivity index (χ2n) is 11.5. The number of benzene rings is 3. The van der Waals surface area contributed by atoms with Gasteiger partial charge in [-0.1, -0.05) is 67.6 Å². The largest absolute Gasteiger partial charge is 0.350 e. The summed E-state index contributed by atoms with van der Waals surface area (Å²) in [6.07, 6.45) is 2.53. The van der Waals surface area contributed by atoms with Gasteiger partial charge in [-0.2, -0.15) is 0 Å². The van der Waals surface area contributed by atoms with Crippen molar-refractivity contribution in [3.8, 4) is 0 Å². The molecule has 0 bridgehead atoms. The van der Waals surface area contributed by atoms with Crippen LogP contribution in [0.1, 0.15) is 54.5 Å². The number of hydrogen-bond acceptors (Lipinski definition) is 2. The summed E-state index contributed by atoms with van der Waals surface area (Å²) < 4.78 is 31.9. The number of amides is 2. The van der Waals surface area contributed by atoms with Gasteiger partial charge in [-0.25, -0.2) is 8.78 Å². The number of hydrogen-bond donors (Lipinski definition) is 1. The van der Waals surface area contributed by atoms with Crippen LogP contribution in [-0.2, 0) is 28.5 Å². The Balaban J connectivity index is 1.25. The Kier molecular flexibility index (Phi) is 6.69. The molecule has 2 fully saturated rings. The number of likely N-dealkylation sites (tertiary alicyclic amines) is 1. The van der Waals surface area contributed by atoms with Crippen LogP contribution in [0.25, 0.3) is 10.9 Å². The van der Waals surface area contributed by atoms with Crippen molar-refractivity contribution in [2.24, 2.45) is 7.05 Å². The minimum absolute atomic E-state index is 0.0692. The number of alkyl halides is 1. The Labute approximate surface area is 232 Å². The molecule has 1 saturated carbocycles. The predicted molar refractivity (Wildman–Crippen MR) is 151 cm³/mol. The van der Waals surface area contributed by atoms with Gasteiger partial charge in [-0.3, -0.25) is 9.59 Å². The van der Waals surface area contributed by atoms with E-state index in [9.17, 15) is 14.0 Å². The van der Waals surface area contributed by atoms with Crippen LogP contribution in [0.4, 0.5) is 8.78 Å². The highest BCUT2D eigenvalue weighted by molar-refractivity contribution is 5.93. The third-order valence-corrected chi connectivity index (χ3v) is 8.59. The fraction of sp³-hybridized carbons (Fsp3) is 0.333. The smallest absolute Gasteiger partial charge is 0.243 e. The molecule has 2 aliphatic rings. The first-order valence-electron chi connectivity index (χ1n) is 13.9. The molecule has 0 spiro atoms. The van der Waals surface area contributed by atoms with Gasteiger partial charge in [-0.15, -0.1) is 0 Å². The molecule has 7 heteroatoms. The van der Waals surface area contributed by atoms with E-state index in [-0.39, 0.29) is 36.5 Å². The predicted octanol–water partition coefficient (Wildman–Crippen LogP) is 5.76. The van der Waals surface area contributed by atoms with E-state index in [4.69, 9.17) is 0 Å². The van der Waals surface area contributed by atoms with Gasteiger partial charge < -0.3 is 14.8 Å². The zero-order valence-corrected chi connectivity index (χ0v) is 22.7. The molecule has 2 amide bonds. The van der Waals surface area contributed by atoms with E-state index in [0.717, 1.165) is 34.9 Å². The molecule has 3 atom stereocenters.